The number of hydrogen-bond donors (Lipinski definition) is 1. The topological polar surface area (TPSA) is 21.3 Å². The normalized spacial score (nSPS) is 45.9. The first kappa shape index (κ1) is 7.31. The van der Waals surface area contributed by atoms with Gasteiger partial charge >= 0.3 is 0 Å². The predicted octanol–water partition coefficient (Wildman–Crippen LogP) is 0.798. The summed E-state index contributed by atoms with van der Waals surface area (Å²) >= 11 is 2.40. The van der Waals surface area contributed by atoms with E-state index in [1.807, 2.05) is 0 Å². The Hall–Kier alpha value is 0.650. The summed E-state index contributed by atoms with van der Waals surface area (Å²) in [7, 11) is 0. The second kappa shape index (κ2) is 2.95. The smallest absolute Gasteiger partial charge is 0.0744 e. The van der Waals surface area contributed by atoms with Crippen LogP contribution in [0, 0.1) is 5.92 Å². The highest BCUT2D eigenvalue weighted by Crippen LogP contribution is 2.29. The van der Waals surface area contributed by atoms with Crippen LogP contribution in [-0.2, 0) is 4.74 Å². The molecule has 3 heteroatoms. The van der Waals surface area contributed by atoms with E-state index >= 15 is 0 Å². The van der Waals surface area contributed by atoms with E-state index in [2.05, 4.69) is 27.9 Å². The van der Waals surface area contributed by atoms with Crippen molar-refractivity contribution in [3.63, 3.8) is 0 Å². The maximum absolute atomic E-state index is 5.76. The molecule has 2 nitrogen and oxygen atoms in total. The van der Waals surface area contributed by atoms with Crippen LogP contribution in [0.4, 0.5) is 0 Å². The second-order valence-electron chi connectivity index (χ2n) is 3.10. The molecule has 0 aliphatic carbocycles. The first-order valence-corrected chi connectivity index (χ1v) is 5.35. The molecule has 0 spiro atoms. The summed E-state index contributed by atoms with van der Waals surface area (Å²) < 4.78 is 6.92. The van der Waals surface area contributed by atoms with Gasteiger partial charge in [0, 0.05) is 23.4 Å². The molecule has 2 saturated heterocycles. The molecule has 2 fully saturated rings. The Balaban J connectivity index is 1.94. The van der Waals surface area contributed by atoms with E-state index in [-0.39, 0.29) is 0 Å². The SMILES string of the molecule is ICC1CC2CNCC2O1. The fraction of sp³-hybridized carbons (Fsp3) is 1.00. The summed E-state index contributed by atoms with van der Waals surface area (Å²) in [5.74, 6) is 0.819. The van der Waals surface area contributed by atoms with Crippen LogP contribution in [0.2, 0.25) is 0 Å². The number of alkyl halides is 1. The van der Waals surface area contributed by atoms with Crippen LogP contribution in [0.1, 0.15) is 6.42 Å². The molecular weight excluding hydrogens is 241 g/mol. The molecule has 0 bridgehead atoms. The maximum atomic E-state index is 5.76. The highest BCUT2D eigenvalue weighted by Gasteiger charge is 2.37. The molecule has 2 aliphatic rings. The van der Waals surface area contributed by atoms with Crippen molar-refractivity contribution < 1.29 is 4.74 Å². The summed E-state index contributed by atoms with van der Waals surface area (Å²) in [5.41, 5.74) is 0. The van der Waals surface area contributed by atoms with Crippen LogP contribution < -0.4 is 5.32 Å². The van der Waals surface area contributed by atoms with Gasteiger partial charge in [0.1, 0.15) is 0 Å². The van der Waals surface area contributed by atoms with E-state index in [1.54, 1.807) is 0 Å². The van der Waals surface area contributed by atoms with E-state index in [1.165, 1.54) is 13.0 Å². The van der Waals surface area contributed by atoms with Crippen LogP contribution in [0.5, 0.6) is 0 Å². The Labute approximate surface area is 74.8 Å². The predicted molar refractivity (Wildman–Crippen MR) is 48.5 cm³/mol. The Morgan fingerprint density at radius 3 is 3.10 bits per heavy atom. The number of hydrogen-bond acceptors (Lipinski definition) is 2. The lowest BCUT2D eigenvalue weighted by atomic mass is 10.0. The molecule has 3 atom stereocenters. The average molecular weight is 253 g/mol. The van der Waals surface area contributed by atoms with Gasteiger partial charge in [0.2, 0.25) is 0 Å². The molecular formula is C7H12INO. The third kappa shape index (κ3) is 1.19. The molecule has 2 rings (SSSR count). The standard InChI is InChI=1S/C7H12INO/c8-2-6-1-5-3-9-4-7(5)10-6/h5-7,9H,1-4H2. The van der Waals surface area contributed by atoms with Crippen molar-refractivity contribution in [2.45, 2.75) is 18.6 Å². The third-order valence-electron chi connectivity index (χ3n) is 2.38. The first-order valence-electron chi connectivity index (χ1n) is 3.82. The van der Waals surface area contributed by atoms with Crippen molar-refractivity contribution in [3.05, 3.63) is 0 Å². The molecule has 1 N–H and O–H groups in total. The summed E-state index contributed by atoms with van der Waals surface area (Å²) in [6, 6.07) is 0. The highest BCUT2D eigenvalue weighted by atomic mass is 127. The Bertz CT molecular complexity index is 119. The first-order chi connectivity index (χ1) is 4.90. The van der Waals surface area contributed by atoms with E-state index in [4.69, 9.17) is 4.74 Å². The van der Waals surface area contributed by atoms with E-state index in [0.717, 1.165) is 16.9 Å². The third-order valence-corrected chi connectivity index (χ3v) is 3.37. The monoisotopic (exact) mass is 253 g/mol. The zero-order valence-corrected chi connectivity index (χ0v) is 8.00. The molecule has 0 aromatic heterocycles. The summed E-state index contributed by atoms with van der Waals surface area (Å²) in [6.07, 6.45) is 2.37. The molecule has 2 aliphatic heterocycles. The van der Waals surface area contributed by atoms with Crippen LogP contribution in [0.25, 0.3) is 0 Å². The van der Waals surface area contributed by atoms with E-state index in [0.29, 0.717) is 12.2 Å². The van der Waals surface area contributed by atoms with E-state index < -0.39 is 0 Å². The number of ether oxygens (including phenoxy) is 1. The van der Waals surface area contributed by atoms with Gasteiger partial charge in [-0.3, -0.25) is 0 Å². The van der Waals surface area contributed by atoms with Crippen LogP contribution in [0.3, 0.4) is 0 Å². The largest absolute Gasteiger partial charge is 0.373 e. The van der Waals surface area contributed by atoms with Crippen LogP contribution in [-0.4, -0.2) is 29.7 Å². The van der Waals surface area contributed by atoms with Gasteiger partial charge in [-0.25, -0.2) is 0 Å². The number of halogens is 1. The van der Waals surface area contributed by atoms with Crippen molar-refractivity contribution >= 4 is 22.6 Å². The van der Waals surface area contributed by atoms with Gasteiger partial charge in [0.15, 0.2) is 0 Å². The van der Waals surface area contributed by atoms with Crippen molar-refractivity contribution in [1.82, 2.24) is 5.32 Å². The Kier molecular flexibility index (Phi) is 2.15. The molecule has 2 heterocycles. The zero-order chi connectivity index (χ0) is 6.97. The highest BCUT2D eigenvalue weighted by molar-refractivity contribution is 14.1. The average Bonchev–Trinajstić information content (AvgIpc) is 2.42. The molecule has 0 radical (unpaired) electrons. The van der Waals surface area contributed by atoms with Gasteiger partial charge in [-0.15, -0.1) is 0 Å². The van der Waals surface area contributed by atoms with Crippen molar-refractivity contribution in [2.75, 3.05) is 17.5 Å². The van der Waals surface area contributed by atoms with Crippen LogP contribution >= 0.6 is 22.6 Å². The minimum absolute atomic E-state index is 0.541. The van der Waals surface area contributed by atoms with Crippen molar-refractivity contribution in [2.24, 2.45) is 5.92 Å². The van der Waals surface area contributed by atoms with Gasteiger partial charge < -0.3 is 10.1 Å². The molecule has 10 heavy (non-hydrogen) atoms. The minimum Gasteiger partial charge on any atom is -0.373 e. The molecule has 0 saturated carbocycles. The lowest BCUT2D eigenvalue weighted by Crippen LogP contribution is -2.19. The van der Waals surface area contributed by atoms with Gasteiger partial charge in [-0.05, 0) is 6.42 Å². The zero-order valence-electron chi connectivity index (χ0n) is 5.85. The Morgan fingerprint density at radius 2 is 2.40 bits per heavy atom. The van der Waals surface area contributed by atoms with E-state index in [9.17, 15) is 0 Å². The van der Waals surface area contributed by atoms with Gasteiger partial charge in [0.05, 0.1) is 12.2 Å². The molecule has 0 amide bonds. The number of fused-ring (bicyclic) bond motifs is 1. The molecule has 58 valence electrons. The summed E-state index contributed by atoms with van der Waals surface area (Å²) in [6.45, 7) is 2.26. The fourth-order valence-corrected chi connectivity index (χ4v) is 2.41. The van der Waals surface area contributed by atoms with Gasteiger partial charge in [-0.1, -0.05) is 22.6 Å². The molecule has 3 unspecified atom stereocenters. The van der Waals surface area contributed by atoms with Crippen molar-refractivity contribution in [1.29, 1.82) is 0 Å². The fourth-order valence-electron chi connectivity index (χ4n) is 1.84. The number of rotatable bonds is 1. The van der Waals surface area contributed by atoms with Crippen molar-refractivity contribution in [3.8, 4) is 0 Å². The quantitative estimate of drug-likeness (QED) is 0.551. The van der Waals surface area contributed by atoms with Crippen LogP contribution in [0.15, 0.2) is 0 Å². The summed E-state index contributed by atoms with van der Waals surface area (Å²) in [5, 5.41) is 3.34. The number of nitrogens with one attached hydrogen (secondary N) is 1. The summed E-state index contributed by atoms with van der Waals surface area (Å²) in [4.78, 5) is 0. The maximum Gasteiger partial charge on any atom is 0.0744 e. The molecule has 0 aromatic carbocycles. The lowest BCUT2D eigenvalue weighted by molar-refractivity contribution is 0.0627. The minimum atomic E-state index is 0.541. The molecule has 0 aromatic rings. The second-order valence-corrected chi connectivity index (χ2v) is 3.99. The van der Waals surface area contributed by atoms with Gasteiger partial charge in [-0.2, -0.15) is 0 Å². The van der Waals surface area contributed by atoms with Gasteiger partial charge in [0.25, 0.3) is 0 Å². The Morgan fingerprint density at radius 1 is 1.50 bits per heavy atom. The lowest BCUT2D eigenvalue weighted by Gasteiger charge is -2.07.